The Kier molecular flexibility index (Phi) is 5.58. The van der Waals surface area contributed by atoms with Crippen molar-refractivity contribution in [2.75, 3.05) is 73.4 Å². The molecule has 0 bridgehead atoms. The number of nitrogens with zero attached hydrogens (tertiary/aromatic N) is 7. The summed E-state index contributed by atoms with van der Waals surface area (Å²) in [6, 6.07) is 4.10. The van der Waals surface area contributed by atoms with Crippen LogP contribution >= 0.6 is 11.8 Å². The van der Waals surface area contributed by atoms with E-state index in [4.69, 9.17) is 4.74 Å². The van der Waals surface area contributed by atoms with Gasteiger partial charge in [-0.1, -0.05) is 11.8 Å². The third-order valence-electron chi connectivity index (χ3n) is 4.87. The van der Waals surface area contributed by atoms with Gasteiger partial charge in [0.15, 0.2) is 5.16 Å². The first-order valence-electron chi connectivity index (χ1n) is 9.28. The van der Waals surface area contributed by atoms with Gasteiger partial charge in [-0.25, -0.2) is 19.9 Å². The van der Waals surface area contributed by atoms with Crippen molar-refractivity contribution in [1.29, 1.82) is 0 Å². The molecule has 2 aromatic heterocycles. The maximum Gasteiger partial charge on any atom is 0.189 e. The van der Waals surface area contributed by atoms with Gasteiger partial charge in [-0.2, -0.15) is 0 Å². The molecular weight excluding hydrogens is 362 g/mol. The van der Waals surface area contributed by atoms with Gasteiger partial charge in [-0.15, -0.1) is 0 Å². The molecule has 0 N–H and O–H groups in total. The highest BCUT2D eigenvalue weighted by atomic mass is 32.2. The molecule has 27 heavy (non-hydrogen) atoms. The smallest absolute Gasteiger partial charge is 0.189 e. The normalized spacial score (nSPS) is 18.1. The minimum Gasteiger partial charge on any atom is -0.378 e. The minimum atomic E-state index is 0.758. The van der Waals surface area contributed by atoms with E-state index in [1.54, 1.807) is 11.8 Å². The number of aryl methyl sites for hydroxylation is 1. The zero-order valence-electron chi connectivity index (χ0n) is 15.8. The SMILES string of the molecule is CSc1nccc(N2CCN(c3cc(N4CCOCC4)nc(C)n3)CC2)n1. The molecule has 4 rings (SSSR count). The second-order valence-electron chi connectivity index (χ2n) is 6.61. The number of thioether (sulfide) groups is 1. The first kappa shape index (κ1) is 18.2. The van der Waals surface area contributed by atoms with E-state index in [0.29, 0.717) is 0 Å². The fraction of sp³-hybridized carbons (Fsp3) is 0.556. The van der Waals surface area contributed by atoms with E-state index in [9.17, 15) is 0 Å². The zero-order valence-corrected chi connectivity index (χ0v) is 16.7. The number of ether oxygens (including phenoxy) is 1. The van der Waals surface area contributed by atoms with Crippen LogP contribution in [0.3, 0.4) is 0 Å². The molecule has 0 radical (unpaired) electrons. The topological polar surface area (TPSA) is 70.5 Å². The van der Waals surface area contributed by atoms with Gasteiger partial charge in [0.2, 0.25) is 0 Å². The summed E-state index contributed by atoms with van der Waals surface area (Å²) in [6.07, 6.45) is 3.84. The number of piperazine rings is 1. The van der Waals surface area contributed by atoms with Gasteiger partial charge >= 0.3 is 0 Å². The van der Waals surface area contributed by atoms with Gasteiger partial charge in [0.05, 0.1) is 13.2 Å². The Balaban J connectivity index is 1.45. The molecule has 0 atom stereocenters. The molecule has 0 aliphatic carbocycles. The van der Waals surface area contributed by atoms with Gasteiger partial charge in [-0.3, -0.25) is 0 Å². The summed E-state index contributed by atoms with van der Waals surface area (Å²) in [5.74, 6) is 3.83. The van der Waals surface area contributed by atoms with E-state index < -0.39 is 0 Å². The molecule has 144 valence electrons. The van der Waals surface area contributed by atoms with Gasteiger partial charge in [-0.05, 0) is 19.2 Å². The van der Waals surface area contributed by atoms with Crippen molar-refractivity contribution in [3.05, 3.63) is 24.2 Å². The van der Waals surface area contributed by atoms with Crippen molar-refractivity contribution in [2.45, 2.75) is 12.1 Å². The molecule has 2 fully saturated rings. The molecule has 9 heteroatoms. The number of morpholine rings is 1. The molecule has 8 nitrogen and oxygen atoms in total. The molecular formula is C18H25N7OS. The van der Waals surface area contributed by atoms with E-state index >= 15 is 0 Å². The fourth-order valence-corrected chi connectivity index (χ4v) is 3.78. The minimum absolute atomic E-state index is 0.758. The number of anilines is 3. The average molecular weight is 388 g/mol. The summed E-state index contributed by atoms with van der Waals surface area (Å²) in [6.45, 7) is 8.91. The van der Waals surface area contributed by atoms with Gasteiger partial charge in [0.1, 0.15) is 23.3 Å². The number of rotatable bonds is 4. The molecule has 4 heterocycles. The highest BCUT2D eigenvalue weighted by Crippen LogP contribution is 2.23. The number of hydrogen-bond donors (Lipinski definition) is 0. The lowest BCUT2D eigenvalue weighted by Gasteiger charge is -2.36. The van der Waals surface area contributed by atoms with Crippen molar-refractivity contribution in [1.82, 2.24) is 19.9 Å². The molecule has 2 saturated heterocycles. The molecule has 0 spiro atoms. The fourth-order valence-electron chi connectivity index (χ4n) is 3.42. The Bertz CT molecular complexity index is 776. The Morgan fingerprint density at radius 1 is 0.852 bits per heavy atom. The van der Waals surface area contributed by atoms with E-state index in [1.165, 1.54) is 0 Å². The van der Waals surface area contributed by atoms with Crippen LogP contribution in [0.15, 0.2) is 23.5 Å². The van der Waals surface area contributed by atoms with Crippen molar-refractivity contribution < 1.29 is 4.74 Å². The third-order valence-corrected chi connectivity index (χ3v) is 5.44. The standard InChI is InChI=1S/C18H25N7OS/c1-14-20-16(13-17(21-14)25-9-11-26-12-10-25)24-7-5-23(6-8-24)15-3-4-19-18(22-15)27-2/h3-4,13H,5-12H2,1-2H3. The van der Waals surface area contributed by atoms with Crippen LogP contribution in [-0.4, -0.2) is 78.7 Å². The molecule has 0 saturated carbocycles. The lowest BCUT2D eigenvalue weighted by molar-refractivity contribution is 0.122. The summed E-state index contributed by atoms with van der Waals surface area (Å²) in [5.41, 5.74) is 0. The lowest BCUT2D eigenvalue weighted by Crippen LogP contribution is -2.47. The van der Waals surface area contributed by atoms with Crippen LogP contribution in [0.2, 0.25) is 0 Å². The quantitative estimate of drug-likeness (QED) is 0.573. The largest absolute Gasteiger partial charge is 0.378 e. The van der Waals surface area contributed by atoms with Crippen LogP contribution in [0.5, 0.6) is 0 Å². The maximum absolute atomic E-state index is 5.46. The monoisotopic (exact) mass is 387 g/mol. The van der Waals surface area contributed by atoms with Crippen molar-refractivity contribution >= 4 is 29.2 Å². The summed E-state index contributed by atoms with van der Waals surface area (Å²) in [4.78, 5) is 25.1. The summed E-state index contributed by atoms with van der Waals surface area (Å²) >= 11 is 1.57. The highest BCUT2D eigenvalue weighted by Gasteiger charge is 2.21. The Morgan fingerprint density at radius 3 is 2.07 bits per heavy atom. The molecule has 2 aliphatic rings. The van der Waals surface area contributed by atoms with Crippen LogP contribution in [0.1, 0.15) is 5.82 Å². The first-order chi connectivity index (χ1) is 13.2. The first-order valence-corrected chi connectivity index (χ1v) is 10.5. The number of hydrogen-bond acceptors (Lipinski definition) is 9. The molecule has 2 aliphatic heterocycles. The van der Waals surface area contributed by atoms with E-state index in [0.717, 1.165) is 80.9 Å². The Morgan fingerprint density at radius 2 is 1.44 bits per heavy atom. The highest BCUT2D eigenvalue weighted by molar-refractivity contribution is 7.98. The van der Waals surface area contributed by atoms with Crippen molar-refractivity contribution in [2.24, 2.45) is 0 Å². The van der Waals surface area contributed by atoms with Crippen molar-refractivity contribution in [3.63, 3.8) is 0 Å². The van der Waals surface area contributed by atoms with Gasteiger partial charge in [0.25, 0.3) is 0 Å². The van der Waals surface area contributed by atoms with Crippen LogP contribution in [0.4, 0.5) is 17.5 Å². The summed E-state index contributed by atoms with van der Waals surface area (Å²) < 4.78 is 5.46. The van der Waals surface area contributed by atoms with E-state index in [1.807, 2.05) is 25.4 Å². The van der Waals surface area contributed by atoms with Gasteiger partial charge in [0, 0.05) is 51.5 Å². The van der Waals surface area contributed by atoms with Crippen LogP contribution in [0.25, 0.3) is 0 Å². The second-order valence-corrected chi connectivity index (χ2v) is 7.38. The van der Waals surface area contributed by atoms with E-state index in [-0.39, 0.29) is 0 Å². The maximum atomic E-state index is 5.46. The van der Waals surface area contributed by atoms with Gasteiger partial charge < -0.3 is 19.4 Å². The van der Waals surface area contributed by atoms with Crippen LogP contribution < -0.4 is 14.7 Å². The Hall–Kier alpha value is -2.13. The molecule has 0 amide bonds. The van der Waals surface area contributed by atoms with Crippen LogP contribution in [-0.2, 0) is 4.74 Å². The summed E-state index contributed by atoms with van der Waals surface area (Å²) in [5, 5.41) is 0.816. The molecule has 0 unspecified atom stereocenters. The van der Waals surface area contributed by atoms with E-state index in [2.05, 4.69) is 40.7 Å². The summed E-state index contributed by atoms with van der Waals surface area (Å²) in [7, 11) is 0. The predicted molar refractivity (Wildman–Crippen MR) is 108 cm³/mol. The second kappa shape index (κ2) is 8.26. The molecule has 0 aromatic carbocycles. The Labute approximate surface area is 164 Å². The lowest BCUT2D eigenvalue weighted by atomic mass is 10.3. The van der Waals surface area contributed by atoms with Crippen LogP contribution in [0, 0.1) is 6.92 Å². The number of aromatic nitrogens is 4. The third kappa shape index (κ3) is 4.24. The average Bonchev–Trinajstić information content (AvgIpc) is 2.74. The molecule has 2 aromatic rings. The van der Waals surface area contributed by atoms with Crippen molar-refractivity contribution in [3.8, 4) is 0 Å². The predicted octanol–water partition coefficient (Wildman–Crippen LogP) is 1.46. The zero-order chi connectivity index (χ0) is 18.6.